The third kappa shape index (κ3) is 6.49. The summed E-state index contributed by atoms with van der Waals surface area (Å²) in [7, 11) is 0. The average Bonchev–Trinajstić information content (AvgIpc) is 2.65. The molecule has 0 atom stereocenters. The zero-order valence-electron chi connectivity index (χ0n) is 15.1. The second-order valence-corrected chi connectivity index (χ2v) is 5.91. The van der Waals surface area contributed by atoms with Crippen LogP contribution in [0, 0.1) is 0 Å². The van der Waals surface area contributed by atoms with Gasteiger partial charge in [-0.15, -0.1) is 0 Å². The molecule has 0 fully saturated rings. The van der Waals surface area contributed by atoms with Gasteiger partial charge in [0.2, 0.25) is 0 Å². The molecule has 0 spiro atoms. The largest absolute Gasteiger partial charge is 0.494 e. The van der Waals surface area contributed by atoms with Gasteiger partial charge in [0.15, 0.2) is 0 Å². The van der Waals surface area contributed by atoms with Crippen molar-refractivity contribution in [2.45, 2.75) is 39.5 Å². The van der Waals surface area contributed by atoms with Crippen molar-refractivity contribution in [2.75, 3.05) is 18.5 Å². The second-order valence-electron chi connectivity index (χ2n) is 5.91. The fourth-order valence-corrected chi connectivity index (χ4v) is 2.30. The molecule has 134 valence electrons. The van der Waals surface area contributed by atoms with Gasteiger partial charge in [0.05, 0.1) is 13.2 Å². The van der Waals surface area contributed by atoms with Crippen LogP contribution in [0.25, 0.3) is 0 Å². The van der Waals surface area contributed by atoms with Crippen LogP contribution in [0.1, 0.15) is 49.9 Å². The zero-order chi connectivity index (χ0) is 17.9. The number of anilines is 1. The highest BCUT2D eigenvalue weighted by atomic mass is 16.5. The van der Waals surface area contributed by atoms with Crippen molar-refractivity contribution in [3.05, 3.63) is 54.1 Å². The van der Waals surface area contributed by atoms with Crippen LogP contribution in [-0.2, 0) is 0 Å². The number of amides is 1. The maximum absolute atomic E-state index is 12.3. The lowest BCUT2D eigenvalue weighted by Gasteiger charge is -2.09. The van der Waals surface area contributed by atoms with Gasteiger partial charge in [-0.3, -0.25) is 4.79 Å². The molecule has 0 bridgehead atoms. The highest BCUT2D eigenvalue weighted by Gasteiger charge is 2.06. The predicted molar refractivity (Wildman–Crippen MR) is 102 cm³/mol. The molecule has 0 aliphatic carbocycles. The van der Waals surface area contributed by atoms with E-state index in [9.17, 15) is 4.79 Å². The molecule has 2 aromatic carbocycles. The minimum Gasteiger partial charge on any atom is -0.494 e. The Labute approximate surface area is 150 Å². The van der Waals surface area contributed by atoms with Gasteiger partial charge in [-0.2, -0.15) is 0 Å². The Hall–Kier alpha value is -2.49. The lowest BCUT2D eigenvalue weighted by molar-refractivity contribution is 0.102. The fourth-order valence-electron chi connectivity index (χ4n) is 2.30. The number of rotatable bonds is 10. The molecule has 0 radical (unpaired) electrons. The van der Waals surface area contributed by atoms with Crippen LogP contribution in [0.2, 0.25) is 0 Å². The summed E-state index contributed by atoms with van der Waals surface area (Å²) in [6.07, 6.45) is 4.37. The van der Waals surface area contributed by atoms with E-state index < -0.39 is 0 Å². The first-order chi connectivity index (χ1) is 12.2. The van der Waals surface area contributed by atoms with Crippen LogP contribution < -0.4 is 14.8 Å². The monoisotopic (exact) mass is 341 g/mol. The van der Waals surface area contributed by atoms with Gasteiger partial charge in [0.25, 0.3) is 5.91 Å². The molecule has 0 aliphatic heterocycles. The molecule has 4 nitrogen and oxygen atoms in total. The Bertz CT molecular complexity index is 635. The number of benzene rings is 2. The van der Waals surface area contributed by atoms with Crippen LogP contribution in [0.3, 0.4) is 0 Å². The molecule has 0 saturated carbocycles. The van der Waals surface area contributed by atoms with E-state index in [1.165, 1.54) is 12.8 Å². The summed E-state index contributed by atoms with van der Waals surface area (Å²) in [6, 6.07) is 14.6. The zero-order valence-corrected chi connectivity index (χ0v) is 15.1. The van der Waals surface area contributed by atoms with E-state index in [-0.39, 0.29) is 5.91 Å². The Kier molecular flexibility index (Phi) is 7.83. The van der Waals surface area contributed by atoms with Crippen LogP contribution in [0.5, 0.6) is 11.5 Å². The van der Waals surface area contributed by atoms with Crippen molar-refractivity contribution in [1.29, 1.82) is 0 Å². The maximum atomic E-state index is 12.3. The number of hydrogen-bond acceptors (Lipinski definition) is 3. The first-order valence-electron chi connectivity index (χ1n) is 9.00. The van der Waals surface area contributed by atoms with E-state index in [0.29, 0.717) is 18.8 Å². The number of ether oxygens (including phenoxy) is 2. The van der Waals surface area contributed by atoms with Gasteiger partial charge >= 0.3 is 0 Å². The average molecular weight is 341 g/mol. The molecule has 25 heavy (non-hydrogen) atoms. The Morgan fingerprint density at radius 1 is 0.800 bits per heavy atom. The third-order valence-corrected chi connectivity index (χ3v) is 3.72. The number of hydrogen-bond donors (Lipinski definition) is 1. The Morgan fingerprint density at radius 2 is 1.40 bits per heavy atom. The molecule has 1 amide bonds. The summed E-state index contributed by atoms with van der Waals surface area (Å²) >= 11 is 0. The Morgan fingerprint density at radius 3 is 2.00 bits per heavy atom. The fraction of sp³-hybridized carbons (Fsp3) is 0.381. The molecule has 0 aliphatic rings. The summed E-state index contributed by atoms with van der Waals surface area (Å²) in [6.45, 7) is 5.64. The molecule has 2 aromatic rings. The third-order valence-electron chi connectivity index (χ3n) is 3.72. The lowest BCUT2D eigenvalue weighted by Crippen LogP contribution is -2.11. The van der Waals surface area contributed by atoms with Crippen molar-refractivity contribution in [1.82, 2.24) is 0 Å². The van der Waals surface area contributed by atoms with Crippen LogP contribution in [-0.4, -0.2) is 19.1 Å². The normalized spacial score (nSPS) is 10.3. The molecule has 0 aromatic heterocycles. The van der Waals surface area contributed by atoms with Gasteiger partial charge in [0.1, 0.15) is 11.5 Å². The van der Waals surface area contributed by atoms with Gasteiger partial charge in [0, 0.05) is 11.3 Å². The molecule has 4 heteroatoms. The van der Waals surface area contributed by atoms with Crippen molar-refractivity contribution < 1.29 is 14.3 Å². The quantitative estimate of drug-likeness (QED) is 0.597. The van der Waals surface area contributed by atoms with Crippen LogP contribution in [0.15, 0.2) is 48.5 Å². The van der Waals surface area contributed by atoms with Crippen molar-refractivity contribution >= 4 is 11.6 Å². The van der Waals surface area contributed by atoms with Gasteiger partial charge in [-0.25, -0.2) is 0 Å². The summed E-state index contributed by atoms with van der Waals surface area (Å²) in [4.78, 5) is 12.3. The Balaban J connectivity index is 1.85. The van der Waals surface area contributed by atoms with Crippen LogP contribution in [0.4, 0.5) is 5.69 Å². The van der Waals surface area contributed by atoms with Gasteiger partial charge < -0.3 is 14.8 Å². The summed E-state index contributed by atoms with van der Waals surface area (Å²) in [5.41, 5.74) is 1.35. The molecular formula is C21H27NO3. The standard InChI is InChI=1S/C21H27NO3/c1-3-5-6-16-25-19-11-7-17(8-12-19)21(23)22-18-9-13-20(14-10-18)24-15-4-2/h7-14H,3-6,15-16H2,1-2H3,(H,22,23). The van der Waals surface area contributed by atoms with Gasteiger partial charge in [-0.1, -0.05) is 26.7 Å². The highest BCUT2D eigenvalue weighted by molar-refractivity contribution is 6.04. The topological polar surface area (TPSA) is 47.6 Å². The first-order valence-corrected chi connectivity index (χ1v) is 9.00. The van der Waals surface area contributed by atoms with Crippen molar-refractivity contribution in [3.63, 3.8) is 0 Å². The lowest BCUT2D eigenvalue weighted by atomic mass is 10.2. The molecule has 2 rings (SSSR count). The smallest absolute Gasteiger partial charge is 0.255 e. The highest BCUT2D eigenvalue weighted by Crippen LogP contribution is 2.18. The summed E-state index contributed by atoms with van der Waals surface area (Å²) < 4.78 is 11.2. The second kappa shape index (κ2) is 10.4. The SMILES string of the molecule is CCCCCOc1ccc(C(=O)Nc2ccc(OCCC)cc2)cc1. The van der Waals surface area contributed by atoms with Crippen LogP contribution >= 0.6 is 0 Å². The van der Waals surface area contributed by atoms with E-state index >= 15 is 0 Å². The molecular weight excluding hydrogens is 314 g/mol. The minimum atomic E-state index is -0.139. The van der Waals surface area contributed by atoms with Gasteiger partial charge in [-0.05, 0) is 61.4 Å². The molecule has 0 unspecified atom stereocenters. The number of nitrogens with one attached hydrogen (secondary N) is 1. The molecule has 0 saturated heterocycles. The van der Waals surface area contributed by atoms with E-state index in [1.54, 1.807) is 12.1 Å². The molecule has 0 heterocycles. The predicted octanol–water partition coefficient (Wildman–Crippen LogP) is 5.30. The molecule has 1 N–H and O–H groups in total. The number of unbranched alkanes of at least 4 members (excludes halogenated alkanes) is 2. The van der Waals surface area contributed by atoms with E-state index in [1.807, 2.05) is 36.4 Å². The van der Waals surface area contributed by atoms with E-state index in [0.717, 1.165) is 30.0 Å². The summed E-state index contributed by atoms with van der Waals surface area (Å²) in [5.74, 6) is 1.47. The number of carbonyl (C=O) groups excluding carboxylic acids is 1. The van der Waals surface area contributed by atoms with E-state index in [2.05, 4.69) is 19.2 Å². The van der Waals surface area contributed by atoms with E-state index in [4.69, 9.17) is 9.47 Å². The minimum absolute atomic E-state index is 0.139. The maximum Gasteiger partial charge on any atom is 0.255 e. The number of carbonyl (C=O) groups is 1. The van der Waals surface area contributed by atoms with Crippen molar-refractivity contribution in [3.8, 4) is 11.5 Å². The van der Waals surface area contributed by atoms with Crippen molar-refractivity contribution in [2.24, 2.45) is 0 Å². The first kappa shape index (κ1) is 18.8. The summed E-state index contributed by atoms with van der Waals surface area (Å²) in [5, 5.41) is 2.89.